The molecular weight excluding hydrogens is 554 g/mol. The van der Waals surface area contributed by atoms with Crippen LogP contribution in [0.4, 0.5) is 5.69 Å². The predicted octanol–water partition coefficient (Wildman–Crippen LogP) is 5.75. The van der Waals surface area contributed by atoms with Gasteiger partial charge in [0, 0.05) is 22.3 Å². The smallest absolute Gasteiger partial charge is 0.249 e. The van der Waals surface area contributed by atoms with E-state index in [2.05, 4.69) is 38.7 Å². The van der Waals surface area contributed by atoms with E-state index >= 15 is 0 Å². The Kier molecular flexibility index (Phi) is 8.29. The van der Waals surface area contributed by atoms with Crippen LogP contribution in [0, 0.1) is 0 Å². The van der Waals surface area contributed by atoms with E-state index in [9.17, 15) is 9.59 Å². The number of ether oxygens (including phenoxy) is 1. The molecule has 39 heavy (non-hydrogen) atoms. The van der Waals surface area contributed by atoms with Gasteiger partial charge in [-0.2, -0.15) is 0 Å². The van der Waals surface area contributed by atoms with Gasteiger partial charge in [-0.25, -0.2) is 0 Å². The maximum Gasteiger partial charge on any atom is 0.249 e. The summed E-state index contributed by atoms with van der Waals surface area (Å²) in [6.45, 7) is 2.72. The molecule has 2 atom stereocenters. The number of rotatable bonds is 8. The van der Waals surface area contributed by atoms with E-state index in [1.165, 1.54) is 0 Å². The minimum Gasteiger partial charge on any atom is -0.496 e. The second-order valence-corrected chi connectivity index (χ2v) is 10.8. The van der Waals surface area contributed by atoms with Crippen LogP contribution < -0.4 is 20.3 Å². The van der Waals surface area contributed by atoms with Crippen molar-refractivity contribution in [2.24, 2.45) is 0 Å². The maximum atomic E-state index is 14.1. The largest absolute Gasteiger partial charge is 0.496 e. The molecule has 5 rings (SSSR count). The van der Waals surface area contributed by atoms with Gasteiger partial charge in [0.05, 0.1) is 19.7 Å². The molecule has 1 heterocycles. The summed E-state index contributed by atoms with van der Waals surface area (Å²) in [6.07, 6.45) is 1.22. The number of fused-ring (bicyclic) bond motifs is 2. The van der Waals surface area contributed by atoms with Crippen molar-refractivity contribution in [1.82, 2.24) is 10.6 Å². The standard InChI is InChI=1S/C32H32BrN3O3/c1-21(34-19-22-8-4-3-5-9-22)31(37)35-28-16-12-23-10-6-7-11-29(23)36(32(28)38)20-27-26-15-14-25(33)18-24(26)13-17-30(27)39-2/h3-11,13-15,17-18,21,28,34H,12,16,19-20H2,1-2H3,(H,35,37)/t21-,28-/m0/s1. The van der Waals surface area contributed by atoms with Crippen molar-refractivity contribution in [3.63, 3.8) is 0 Å². The number of anilines is 1. The van der Waals surface area contributed by atoms with Gasteiger partial charge in [0.2, 0.25) is 11.8 Å². The van der Waals surface area contributed by atoms with Crippen molar-refractivity contribution in [2.75, 3.05) is 12.0 Å². The Hall–Kier alpha value is -3.68. The number of halogens is 1. The van der Waals surface area contributed by atoms with Crippen LogP contribution in [0.2, 0.25) is 0 Å². The second kappa shape index (κ2) is 12.0. The molecule has 0 aromatic heterocycles. The first-order valence-corrected chi connectivity index (χ1v) is 14.0. The molecule has 0 fully saturated rings. The molecule has 1 aliphatic heterocycles. The summed E-state index contributed by atoms with van der Waals surface area (Å²) in [4.78, 5) is 29.0. The SMILES string of the molecule is COc1ccc2cc(Br)ccc2c1CN1C(=O)[C@@H](NC(=O)[C@H](C)NCc2ccccc2)CCc2ccccc21. The average molecular weight is 587 g/mol. The topological polar surface area (TPSA) is 70.7 Å². The Balaban J connectivity index is 1.41. The number of carbonyl (C=O) groups excluding carboxylic acids is 2. The summed E-state index contributed by atoms with van der Waals surface area (Å²) >= 11 is 3.56. The van der Waals surface area contributed by atoms with Gasteiger partial charge in [-0.1, -0.05) is 76.6 Å². The molecule has 4 aromatic rings. The van der Waals surface area contributed by atoms with Crippen LogP contribution in [0.3, 0.4) is 0 Å². The lowest BCUT2D eigenvalue weighted by Crippen LogP contribution is -2.52. The first-order chi connectivity index (χ1) is 18.9. The highest BCUT2D eigenvalue weighted by atomic mass is 79.9. The van der Waals surface area contributed by atoms with Crippen molar-refractivity contribution >= 4 is 44.2 Å². The summed E-state index contributed by atoms with van der Waals surface area (Å²) in [5.41, 5.74) is 3.97. The minimum atomic E-state index is -0.638. The quantitative estimate of drug-likeness (QED) is 0.276. The monoisotopic (exact) mass is 585 g/mol. The lowest BCUT2D eigenvalue weighted by atomic mass is 10.0. The molecular formula is C32H32BrN3O3. The van der Waals surface area contributed by atoms with E-state index < -0.39 is 12.1 Å². The third-order valence-electron chi connectivity index (χ3n) is 7.30. The molecule has 0 unspecified atom stereocenters. The van der Waals surface area contributed by atoms with Crippen LogP contribution >= 0.6 is 15.9 Å². The third-order valence-corrected chi connectivity index (χ3v) is 7.79. The van der Waals surface area contributed by atoms with Crippen LogP contribution in [0.25, 0.3) is 10.8 Å². The number of methoxy groups -OCH3 is 1. The molecule has 1 aliphatic rings. The number of amides is 2. The Morgan fingerprint density at radius 1 is 1.05 bits per heavy atom. The summed E-state index contributed by atoms with van der Waals surface area (Å²) in [5.74, 6) is 0.404. The Morgan fingerprint density at radius 2 is 1.82 bits per heavy atom. The molecule has 0 spiro atoms. The Bertz CT molecular complexity index is 1490. The van der Waals surface area contributed by atoms with E-state index in [1.54, 1.807) is 12.0 Å². The number of hydrogen-bond donors (Lipinski definition) is 2. The fourth-order valence-electron chi connectivity index (χ4n) is 5.13. The highest BCUT2D eigenvalue weighted by Gasteiger charge is 2.33. The van der Waals surface area contributed by atoms with Crippen molar-refractivity contribution in [1.29, 1.82) is 0 Å². The molecule has 0 bridgehead atoms. The van der Waals surface area contributed by atoms with E-state index in [0.717, 1.165) is 43.4 Å². The first kappa shape index (κ1) is 26.9. The van der Waals surface area contributed by atoms with Crippen LogP contribution in [0.15, 0.2) is 89.4 Å². The number of nitrogens with zero attached hydrogens (tertiary/aromatic N) is 1. The highest BCUT2D eigenvalue weighted by Crippen LogP contribution is 2.35. The van der Waals surface area contributed by atoms with E-state index in [0.29, 0.717) is 25.9 Å². The van der Waals surface area contributed by atoms with Crippen molar-refractivity contribution in [3.05, 3.63) is 106 Å². The van der Waals surface area contributed by atoms with Gasteiger partial charge in [0.15, 0.2) is 0 Å². The van der Waals surface area contributed by atoms with Crippen molar-refractivity contribution < 1.29 is 14.3 Å². The summed E-state index contributed by atoms with van der Waals surface area (Å²) in [6, 6.07) is 26.9. The molecule has 2 N–H and O–H groups in total. The summed E-state index contributed by atoms with van der Waals surface area (Å²) in [7, 11) is 1.65. The molecule has 0 saturated heterocycles. The normalized spacial score (nSPS) is 15.9. The van der Waals surface area contributed by atoms with Gasteiger partial charge in [0.1, 0.15) is 11.8 Å². The number of hydrogen-bond acceptors (Lipinski definition) is 4. The van der Waals surface area contributed by atoms with Gasteiger partial charge >= 0.3 is 0 Å². The van der Waals surface area contributed by atoms with Crippen LogP contribution in [0.5, 0.6) is 5.75 Å². The Labute approximate surface area is 237 Å². The minimum absolute atomic E-state index is 0.125. The van der Waals surface area contributed by atoms with Gasteiger partial charge in [-0.3, -0.25) is 9.59 Å². The summed E-state index contributed by atoms with van der Waals surface area (Å²) < 4.78 is 6.72. The summed E-state index contributed by atoms with van der Waals surface area (Å²) in [5, 5.41) is 8.38. The molecule has 2 amide bonds. The van der Waals surface area contributed by atoms with Gasteiger partial charge in [-0.05, 0) is 65.9 Å². The van der Waals surface area contributed by atoms with Gasteiger partial charge in [0.25, 0.3) is 0 Å². The predicted molar refractivity (Wildman–Crippen MR) is 159 cm³/mol. The molecule has 7 heteroatoms. The zero-order chi connectivity index (χ0) is 27.4. The molecule has 4 aromatic carbocycles. The fraction of sp³-hybridized carbons (Fsp3) is 0.250. The lowest BCUT2D eigenvalue weighted by Gasteiger charge is -2.28. The zero-order valence-corrected chi connectivity index (χ0v) is 23.7. The fourth-order valence-corrected chi connectivity index (χ4v) is 5.51. The average Bonchev–Trinajstić information content (AvgIpc) is 3.08. The molecule has 0 aliphatic carbocycles. The van der Waals surface area contributed by atoms with Gasteiger partial charge < -0.3 is 20.3 Å². The lowest BCUT2D eigenvalue weighted by molar-refractivity contribution is -0.128. The number of nitrogens with one attached hydrogen (secondary N) is 2. The number of aryl methyl sites for hydroxylation is 1. The molecule has 6 nitrogen and oxygen atoms in total. The van der Waals surface area contributed by atoms with Crippen LogP contribution in [0.1, 0.15) is 30.0 Å². The molecule has 200 valence electrons. The number of carbonyl (C=O) groups is 2. The maximum absolute atomic E-state index is 14.1. The third kappa shape index (κ3) is 6.00. The Morgan fingerprint density at radius 3 is 2.62 bits per heavy atom. The second-order valence-electron chi connectivity index (χ2n) is 9.85. The number of benzene rings is 4. The first-order valence-electron chi connectivity index (χ1n) is 13.2. The molecule has 0 radical (unpaired) electrons. The van der Waals surface area contributed by atoms with Crippen LogP contribution in [-0.4, -0.2) is 31.0 Å². The highest BCUT2D eigenvalue weighted by molar-refractivity contribution is 9.10. The van der Waals surface area contributed by atoms with E-state index in [1.807, 2.05) is 79.7 Å². The van der Waals surface area contributed by atoms with Crippen molar-refractivity contribution in [3.8, 4) is 5.75 Å². The van der Waals surface area contributed by atoms with E-state index in [-0.39, 0.29) is 11.8 Å². The zero-order valence-electron chi connectivity index (χ0n) is 22.1. The van der Waals surface area contributed by atoms with Crippen molar-refractivity contribution in [2.45, 2.75) is 44.9 Å². The van der Waals surface area contributed by atoms with Gasteiger partial charge in [-0.15, -0.1) is 0 Å². The van der Waals surface area contributed by atoms with Crippen LogP contribution in [-0.2, 0) is 29.1 Å². The van der Waals surface area contributed by atoms with E-state index in [4.69, 9.17) is 4.74 Å². The number of para-hydroxylation sites is 1. The molecule has 0 saturated carbocycles.